The molecule has 0 radical (unpaired) electrons. The summed E-state index contributed by atoms with van der Waals surface area (Å²) < 4.78 is 12.3. The number of ether oxygens (including phenoxy) is 2. The lowest BCUT2D eigenvalue weighted by atomic mass is 9.70. The van der Waals surface area contributed by atoms with Gasteiger partial charge in [-0.05, 0) is 19.4 Å². The SMILES string of the molecule is Cc1ccc2c(c1)[C@H]1OCC[C@H]1[C@H]1N2C(=O)[C@H]2[C@@H](C(=O)O)[C@H]3C=C[C@]21O3. The van der Waals surface area contributed by atoms with E-state index in [9.17, 15) is 14.7 Å². The summed E-state index contributed by atoms with van der Waals surface area (Å²) in [6.07, 6.45) is 4.07. The summed E-state index contributed by atoms with van der Waals surface area (Å²) >= 11 is 0. The molecule has 0 unspecified atom stereocenters. The number of aryl methyl sites for hydroxylation is 1. The summed E-state index contributed by atoms with van der Waals surface area (Å²) in [6.45, 7) is 2.68. The second-order valence-corrected chi connectivity index (χ2v) is 8.10. The van der Waals surface area contributed by atoms with Gasteiger partial charge in [-0.15, -0.1) is 0 Å². The fourth-order valence-electron chi connectivity index (χ4n) is 6.04. The maximum absolute atomic E-state index is 13.5. The average Bonchev–Trinajstić information content (AvgIpc) is 3.35. The summed E-state index contributed by atoms with van der Waals surface area (Å²) in [5.74, 6) is -2.43. The number of benzene rings is 1. The molecule has 26 heavy (non-hydrogen) atoms. The lowest BCUT2D eigenvalue weighted by Gasteiger charge is -2.44. The molecule has 3 fully saturated rings. The minimum Gasteiger partial charge on any atom is -0.481 e. The van der Waals surface area contributed by atoms with Crippen LogP contribution in [0.2, 0.25) is 0 Å². The highest BCUT2D eigenvalue weighted by atomic mass is 16.5. The predicted octanol–water partition coefficient (Wildman–Crippen LogP) is 1.83. The zero-order valence-corrected chi connectivity index (χ0v) is 14.3. The third kappa shape index (κ3) is 1.48. The molecule has 5 aliphatic heterocycles. The first kappa shape index (κ1) is 14.9. The molecule has 0 saturated carbocycles. The first-order valence-corrected chi connectivity index (χ1v) is 9.18. The summed E-state index contributed by atoms with van der Waals surface area (Å²) in [5.41, 5.74) is 2.17. The topological polar surface area (TPSA) is 76.1 Å². The van der Waals surface area contributed by atoms with Crippen LogP contribution in [0.1, 0.15) is 23.7 Å². The van der Waals surface area contributed by atoms with Crippen LogP contribution < -0.4 is 4.90 Å². The number of amides is 1. The first-order chi connectivity index (χ1) is 12.5. The van der Waals surface area contributed by atoms with Crippen molar-refractivity contribution in [2.24, 2.45) is 17.8 Å². The number of carboxylic acids is 1. The summed E-state index contributed by atoms with van der Waals surface area (Å²) in [7, 11) is 0. The Balaban J connectivity index is 1.59. The number of carbonyl (C=O) groups excluding carboxylic acids is 1. The van der Waals surface area contributed by atoms with E-state index in [-0.39, 0.29) is 24.0 Å². The number of rotatable bonds is 1. The quantitative estimate of drug-likeness (QED) is 0.780. The largest absolute Gasteiger partial charge is 0.481 e. The highest BCUT2D eigenvalue weighted by Gasteiger charge is 2.74. The minimum atomic E-state index is -0.956. The zero-order valence-electron chi connectivity index (χ0n) is 14.3. The van der Waals surface area contributed by atoms with Gasteiger partial charge in [-0.1, -0.05) is 29.8 Å². The molecule has 5 aliphatic rings. The third-order valence-corrected chi connectivity index (χ3v) is 6.91. The van der Waals surface area contributed by atoms with E-state index in [1.54, 1.807) is 0 Å². The van der Waals surface area contributed by atoms with E-state index in [0.717, 1.165) is 23.2 Å². The molecule has 1 amide bonds. The van der Waals surface area contributed by atoms with Gasteiger partial charge in [0.15, 0.2) is 0 Å². The van der Waals surface area contributed by atoms with Crippen LogP contribution in [0, 0.1) is 24.7 Å². The number of hydrogen-bond acceptors (Lipinski definition) is 4. The second-order valence-electron chi connectivity index (χ2n) is 8.10. The van der Waals surface area contributed by atoms with Crippen molar-refractivity contribution in [3.8, 4) is 0 Å². The van der Waals surface area contributed by atoms with Gasteiger partial charge in [0.25, 0.3) is 0 Å². The molecule has 1 aromatic rings. The molecule has 7 atom stereocenters. The smallest absolute Gasteiger partial charge is 0.310 e. The Kier molecular flexibility index (Phi) is 2.62. The van der Waals surface area contributed by atoms with E-state index in [2.05, 4.69) is 6.07 Å². The van der Waals surface area contributed by atoms with Crippen molar-refractivity contribution in [3.05, 3.63) is 41.5 Å². The Bertz CT molecular complexity index is 894. The van der Waals surface area contributed by atoms with Gasteiger partial charge in [-0.3, -0.25) is 9.59 Å². The molecule has 6 heteroatoms. The second kappa shape index (κ2) is 4.56. The Labute approximate surface area is 150 Å². The Morgan fingerprint density at radius 2 is 2.23 bits per heavy atom. The molecular formula is C20H19NO5. The van der Waals surface area contributed by atoms with Crippen LogP contribution in [0.5, 0.6) is 0 Å². The van der Waals surface area contributed by atoms with Gasteiger partial charge in [0, 0.05) is 23.8 Å². The maximum Gasteiger partial charge on any atom is 0.310 e. The first-order valence-electron chi connectivity index (χ1n) is 9.18. The van der Waals surface area contributed by atoms with Crippen molar-refractivity contribution in [1.82, 2.24) is 0 Å². The van der Waals surface area contributed by atoms with E-state index >= 15 is 0 Å². The van der Waals surface area contributed by atoms with Crippen molar-refractivity contribution in [2.75, 3.05) is 11.5 Å². The Morgan fingerprint density at radius 1 is 1.38 bits per heavy atom. The van der Waals surface area contributed by atoms with Crippen molar-refractivity contribution >= 4 is 17.6 Å². The van der Waals surface area contributed by atoms with Crippen LogP contribution in [-0.4, -0.2) is 41.3 Å². The lowest BCUT2D eigenvalue weighted by molar-refractivity contribution is -0.146. The molecule has 0 aromatic heterocycles. The van der Waals surface area contributed by atoms with E-state index in [1.807, 2.05) is 36.1 Å². The molecule has 0 aliphatic carbocycles. The molecule has 1 N–H and O–H groups in total. The Morgan fingerprint density at radius 3 is 3.04 bits per heavy atom. The van der Waals surface area contributed by atoms with Crippen LogP contribution in [0.15, 0.2) is 30.4 Å². The fourth-order valence-corrected chi connectivity index (χ4v) is 6.04. The van der Waals surface area contributed by atoms with E-state index < -0.39 is 29.5 Å². The van der Waals surface area contributed by atoms with Crippen LogP contribution in [0.4, 0.5) is 5.69 Å². The Hall–Kier alpha value is -2.18. The molecular weight excluding hydrogens is 334 g/mol. The maximum atomic E-state index is 13.5. The van der Waals surface area contributed by atoms with Crippen LogP contribution in [0.3, 0.4) is 0 Å². The number of hydrogen-bond donors (Lipinski definition) is 1. The summed E-state index contributed by atoms with van der Waals surface area (Å²) in [6, 6.07) is 5.86. The van der Waals surface area contributed by atoms with Gasteiger partial charge < -0.3 is 19.5 Å². The molecule has 6 nitrogen and oxygen atoms in total. The standard InChI is InChI=1S/C20H19NO5/c1-9-2-3-12-11(8-9)16-10(5-7-25-16)17-20-6-4-13(26-20)14(19(23)24)15(20)18(22)21(12)17/h2-4,6,8,10,13-17H,5,7H2,1H3,(H,23,24)/t10-,13-,14+,15-,16+,17-,20+/m1/s1. The van der Waals surface area contributed by atoms with Gasteiger partial charge in [0.1, 0.15) is 11.5 Å². The van der Waals surface area contributed by atoms with E-state index in [4.69, 9.17) is 9.47 Å². The van der Waals surface area contributed by atoms with Gasteiger partial charge >= 0.3 is 5.97 Å². The normalized spacial score (nSPS) is 44.0. The number of anilines is 1. The number of fused-ring (bicyclic) bond motifs is 7. The highest BCUT2D eigenvalue weighted by Crippen LogP contribution is 2.62. The van der Waals surface area contributed by atoms with Gasteiger partial charge in [0.2, 0.25) is 5.91 Å². The minimum absolute atomic E-state index is 0.0630. The fraction of sp³-hybridized carbons (Fsp3) is 0.500. The van der Waals surface area contributed by atoms with Crippen molar-refractivity contribution < 1.29 is 24.2 Å². The monoisotopic (exact) mass is 353 g/mol. The van der Waals surface area contributed by atoms with E-state index in [1.165, 1.54) is 0 Å². The summed E-state index contributed by atoms with van der Waals surface area (Å²) in [4.78, 5) is 27.2. The molecule has 6 rings (SSSR count). The van der Waals surface area contributed by atoms with Gasteiger partial charge in [-0.25, -0.2) is 0 Å². The summed E-state index contributed by atoms with van der Waals surface area (Å²) in [5, 5.41) is 9.74. The third-order valence-electron chi connectivity index (χ3n) is 6.91. The van der Waals surface area contributed by atoms with Crippen LogP contribution in [-0.2, 0) is 19.1 Å². The van der Waals surface area contributed by atoms with Gasteiger partial charge in [0.05, 0.1) is 24.2 Å². The number of nitrogens with zero attached hydrogens (tertiary/aromatic N) is 1. The van der Waals surface area contributed by atoms with Crippen LogP contribution in [0.25, 0.3) is 0 Å². The van der Waals surface area contributed by atoms with Crippen molar-refractivity contribution in [1.29, 1.82) is 0 Å². The number of carboxylic acid groups (broad SMARTS) is 1. The molecule has 1 spiro atoms. The molecule has 134 valence electrons. The molecule has 5 heterocycles. The van der Waals surface area contributed by atoms with Crippen molar-refractivity contribution in [3.63, 3.8) is 0 Å². The van der Waals surface area contributed by atoms with Crippen molar-refractivity contribution in [2.45, 2.75) is 37.2 Å². The molecule has 3 saturated heterocycles. The average molecular weight is 353 g/mol. The van der Waals surface area contributed by atoms with Crippen LogP contribution >= 0.6 is 0 Å². The zero-order chi connectivity index (χ0) is 17.8. The number of carbonyl (C=O) groups is 2. The number of aliphatic carboxylic acids is 1. The molecule has 2 bridgehead atoms. The van der Waals surface area contributed by atoms with Gasteiger partial charge in [-0.2, -0.15) is 0 Å². The van der Waals surface area contributed by atoms with E-state index in [0.29, 0.717) is 6.61 Å². The lowest BCUT2D eigenvalue weighted by Crippen LogP contribution is -2.53. The molecule has 1 aromatic carbocycles. The predicted molar refractivity (Wildman–Crippen MR) is 90.6 cm³/mol. The highest BCUT2D eigenvalue weighted by molar-refractivity contribution is 6.04.